The number of carbonyl (C=O) groups is 2. The van der Waals surface area contributed by atoms with E-state index in [4.69, 9.17) is 9.47 Å². The Hall–Kier alpha value is -3.54. The number of carbonyl (C=O) groups excluding carboxylic acids is 1. The van der Waals surface area contributed by atoms with Crippen LogP contribution < -0.4 is 4.74 Å². The van der Waals surface area contributed by atoms with Crippen LogP contribution in [0.4, 0.5) is 4.79 Å². The topological polar surface area (TPSA) is 118 Å². The maximum absolute atomic E-state index is 12.7. The Morgan fingerprint density at radius 3 is 2.75 bits per heavy atom. The van der Waals surface area contributed by atoms with Crippen molar-refractivity contribution in [2.24, 2.45) is 13.0 Å². The molecule has 9 nitrogen and oxygen atoms in total. The molecule has 1 aliphatic carbocycles. The average Bonchev–Trinajstić information content (AvgIpc) is 3.22. The Morgan fingerprint density at radius 2 is 2.08 bits per heavy atom. The first kappa shape index (κ1) is 27.1. The molecule has 2 atom stereocenters. The van der Waals surface area contributed by atoms with Gasteiger partial charge in [0.2, 0.25) is 0 Å². The molecule has 1 fully saturated rings. The summed E-state index contributed by atoms with van der Waals surface area (Å²) in [6, 6.07) is 7.49. The fourth-order valence-corrected chi connectivity index (χ4v) is 4.67. The lowest BCUT2D eigenvalue weighted by Crippen LogP contribution is -2.45. The summed E-state index contributed by atoms with van der Waals surface area (Å²) in [6.07, 6.45) is 5.49. The van der Waals surface area contributed by atoms with Crippen molar-refractivity contribution >= 4 is 12.1 Å². The van der Waals surface area contributed by atoms with Crippen LogP contribution in [-0.2, 0) is 23.2 Å². The van der Waals surface area contributed by atoms with Crippen molar-refractivity contribution in [1.29, 1.82) is 5.26 Å². The van der Waals surface area contributed by atoms with E-state index in [0.29, 0.717) is 29.8 Å². The lowest BCUT2D eigenvalue weighted by atomic mass is 9.87. The van der Waals surface area contributed by atoms with Crippen LogP contribution in [0.3, 0.4) is 0 Å². The summed E-state index contributed by atoms with van der Waals surface area (Å²) in [7, 11) is 3.52. The fourth-order valence-electron chi connectivity index (χ4n) is 4.67. The molecule has 9 heteroatoms. The Labute approximate surface area is 212 Å². The summed E-state index contributed by atoms with van der Waals surface area (Å²) < 4.78 is 13.3. The number of amides is 1. The van der Waals surface area contributed by atoms with Gasteiger partial charge in [-0.2, -0.15) is 10.4 Å². The predicted octanol–water partition coefficient (Wildman–Crippen LogP) is 5.13. The highest BCUT2D eigenvalue weighted by atomic mass is 16.6. The minimum absolute atomic E-state index is 0.0377. The quantitative estimate of drug-likeness (QED) is 0.511. The van der Waals surface area contributed by atoms with E-state index in [-0.39, 0.29) is 18.2 Å². The Balaban J connectivity index is 1.76. The largest absolute Gasteiger partial charge is 0.489 e. The monoisotopic (exact) mass is 496 g/mol. The number of rotatable bonds is 9. The van der Waals surface area contributed by atoms with E-state index >= 15 is 0 Å². The molecule has 0 radical (unpaired) electrons. The first-order valence-corrected chi connectivity index (χ1v) is 12.4. The zero-order valence-electron chi connectivity index (χ0n) is 21.8. The summed E-state index contributed by atoms with van der Waals surface area (Å²) in [5.41, 5.74) is 2.26. The van der Waals surface area contributed by atoms with Gasteiger partial charge in [-0.15, -0.1) is 0 Å². The van der Waals surface area contributed by atoms with E-state index in [1.54, 1.807) is 42.0 Å². The molecular weight excluding hydrogens is 460 g/mol. The third-order valence-corrected chi connectivity index (χ3v) is 7.12. The molecule has 0 bridgehead atoms. The smallest absolute Gasteiger partial charge is 0.410 e. The van der Waals surface area contributed by atoms with Gasteiger partial charge >= 0.3 is 12.1 Å². The first-order chi connectivity index (χ1) is 17.1. The van der Waals surface area contributed by atoms with E-state index in [1.807, 2.05) is 19.9 Å². The summed E-state index contributed by atoms with van der Waals surface area (Å²) in [5.74, 6) is -0.779. The second-order valence-corrected chi connectivity index (χ2v) is 10.1. The Kier molecular flexibility index (Phi) is 8.62. The first-order valence-electron chi connectivity index (χ1n) is 12.4. The van der Waals surface area contributed by atoms with Crippen LogP contribution in [0.2, 0.25) is 0 Å². The van der Waals surface area contributed by atoms with Crippen molar-refractivity contribution < 1.29 is 24.2 Å². The van der Waals surface area contributed by atoms with Gasteiger partial charge in [0.25, 0.3) is 0 Å². The van der Waals surface area contributed by atoms with Crippen molar-refractivity contribution in [1.82, 2.24) is 14.7 Å². The van der Waals surface area contributed by atoms with E-state index in [1.165, 1.54) is 0 Å². The predicted molar refractivity (Wildman–Crippen MR) is 134 cm³/mol. The maximum Gasteiger partial charge on any atom is 0.410 e. The van der Waals surface area contributed by atoms with Gasteiger partial charge < -0.3 is 19.5 Å². The summed E-state index contributed by atoms with van der Waals surface area (Å²) >= 11 is 0. The molecule has 1 saturated carbocycles. The average molecular weight is 497 g/mol. The van der Waals surface area contributed by atoms with Crippen molar-refractivity contribution in [3.05, 3.63) is 35.7 Å². The van der Waals surface area contributed by atoms with E-state index in [9.17, 15) is 20.0 Å². The molecule has 0 saturated heterocycles. The van der Waals surface area contributed by atoms with Gasteiger partial charge in [0.1, 0.15) is 18.4 Å². The molecule has 0 spiro atoms. The third-order valence-electron chi connectivity index (χ3n) is 7.12. The van der Waals surface area contributed by atoms with E-state index < -0.39 is 18.0 Å². The number of aryl methyl sites for hydroxylation is 1. The third kappa shape index (κ3) is 6.17. The molecule has 3 rings (SSSR count). The van der Waals surface area contributed by atoms with Crippen LogP contribution in [0.5, 0.6) is 5.75 Å². The van der Waals surface area contributed by atoms with Crippen molar-refractivity contribution in [3.8, 4) is 22.9 Å². The molecule has 194 valence electrons. The van der Waals surface area contributed by atoms with Crippen molar-refractivity contribution in [3.63, 3.8) is 0 Å². The molecule has 1 aliphatic rings. The molecule has 2 aromatic rings. The van der Waals surface area contributed by atoms with Gasteiger partial charge in [-0.1, -0.05) is 19.4 Å². The molecule has 1 aromatic heterocycles. The van der Waals surface area contributed by atoms with Crippen molar-refractivity contribution in [2.75, 3.05) is 7.05 Å². The molecular formula is C27H36N4O5. The Bertz CT molecular complexity index is 1130. The highest BCUT2D eigenvalue weighted by Gasteiger charge is 2.30. The SMILES string of the molecule is CCCC(C)(C)N(C)C(=O)OCc1c(-c2ccc(O[C@H]3CCC[C@H](C(=O)O)C3)c(C#N)c2)cnn1C. The minimum Gasteiger partial charge on any atom is -0.489 e. The number of nitriles is 1. The van der Waals surface area contributed by atoms with Gasteiger partial charge in [0.05, 0.1) is 29.5 Å². The molecule has 1 aromatic carbocycles. The van der Waals surface area contributed by atoms with Crippen LogP contribution in [0.15, 0.2) is 24.4 Å². The van der Waals surface area contributed by atoms with Crippen molar-refractivity contribution in [2.45, 2.75) is 77.5 Å². The summed E-state index contributed by atoms with van der Waals surface area (Å²) in [5, 5.41) is 23.4. The standard InChI is InChI=1S/C27H36N4O5/c1-6-12-27(2,3)30(4)26(34)35-17-23-22(16-29-31(23)5)18-10-11-24(20(13-18)15-28)36-21-9-7-8-19(14-21)25(32)33/h10-11,13,16,19,21H,6-9,12,14,17H2,1-5H3,(H,32,33)/t19-,21-/m0/s1. The number of aromatic nitrogens is 2. The molecule has 1 amide bonds. The molecule has 0 aliphatic heterocycles. The molecule has 0 unspecified atom stereocenters. The fraction of sp³-hybridized carbons (Fsp3) is 0.556. The second kappa shape index (κ2) is 11.5. The number of aliphatic carboxylic acids is 1. The highest BCUT2D eigenvalue weighted by Crippen LogP contribution is 2.33. The number of hydrogen-bond acceptors (Lipinski definition) is 6. The number of nitrogens with zero attached hydrogens (tertiary/aromatic N) is 4. The minimum atomic E-state index is -0.802. The highest BCUT2D eigenvalue weighted by molar-refractivity contribution is 5.71. The maximum atomic E-state index is 12.7. The van der Waals surface area contributed by atoms with Crippen LogP contribution in [-0.4, -0.2) is 50.5 Å². The second-order valence-electron chi connectivity index (χ2n) is 10.1. The number of carboxylic acid groups (broad SMARTS) is 1. The lowest BCUT2D eigenvalue weighted by Gasteiger charge is -2.34. The van der Waals surface area contributed by atoms with E-state index in [0.717, 1.165) is 36.8 Å². The van der Waals surface area contributed by atoms with Gasteiger partial charge in [0.15, 0.2) is 0 Å². The van der Waals surface area contributed by atoms with Gasteiger partial charge in [-0.25, -0.2) is 4.79 Å². The number of hydrogen-bond donors (Lipinski definition) is 1. The van der Waals surface area contributed by atoms with Gasteiger partial charge in [0, 0.05) is 25.2 Å². The van der Waals surface area contributed by atoms with Crippen LogP contribution >= 0.6 is 0 Å². The van der Waals surface area contributed by atoms with E-state index in [2.05, 4.69) is 18.1 Å². The molecule has 1 N–H and O–H groups in total. The molecule has 36 heavy (non-hydrogen) atoms. The van der Waals surface area contributed by atoms with Gasteiger partial charge in [-0.05, 0) is 63.6 Å². The number of carboxylic acids is 1. The summed E-state index contributed by atoms with van der Waals surface area (Å²) in [6.45, 7) is 6.14. The number of ether oxygens (including phenoxy) is 2. The van der Waals surface area contributed by atoms with Crippen LogP contribution in [0.1, 0.15) is 70.6 Å². The normalized spacial score (nSPS) is 17.8. The number of benzene rings is 1. The Morgan fingerprint density at radius 1 is 1.33 bits per heavy atom. The zero-order valence-corrected chi connectivity index (χ0v) is 21.8. The summed E-state index contributed by atoms with van der Waals surface area (Å²) in [4.78, 5) is 25.7. The van der Waals surface area contributed by atoms with Crippen LogP contribution in [0, 0.1) is 17.2 Å². The lowest BCUT2D eigenvalue weighted by molar-refractivity contribution is -0.143. The molecule has 1 heterocycles. The van der Waals surface area contributed by atoms with Crippen LogP contribution in [0.25, 0.3) is 11.1 Å². The zero-order chi connectivity index (χ0) is 26.5. The van der Waals surface area contributed by atoms with Gasteiger partial charge in [-0.3, -0.25) is 9.48 Å².